The van der Waals surface area contributed by atoms with Crippen molar-refractivity contribution < 1.29 is 9.47 Å². The maximum absolute atomic E-state index is 7.45. The monoisotopic (exact) mass is 251 g/mol. The van der Waals surface area contributed by atoms with Crippen LogP contribution in [0.2, 0.25) is 0 Å². The van der Waals surface area contributed by atoms with E-state index < -0.39 is 0 Å². The second-order valence-corrected chi connectivity index (χ2v) is 5.03. The molecular weight excluding hydrogens is 230 g/mol. The molecule has 5 nitrogen and oxygen atoms in total. The Hall–Kier alpha value is -1.62. The van der Waals surface area contributed by atoms with Gasteiger partial charge in [0, 0.05) is 5.69 Å². The van der Waals surface area contributed by atoms with Crippen molar-refractivity contribution in [3.8, 4) is 5.88 Å². The van der Waals surface area contributed by atoms with Gasteiger partial charge in [-0.25, -0.2) is 4.98 Å². The summed E-state index contributed by atoms with van der Waals surface area (Å²) in [6.07, 6.45) is 0. The zero-order chi connectivity index (χ0) is 13.8. The highest BCUT2D eigenvalue weighted by atomic mass is 16.5. The van der Waals surface area contributed by atoms with E-state index in [4.69, 9.17) is 20.6 Å². The zero-order valence-electron chi connectivity index (χ0n) is 11.4. The number of aryl methyl sites for hydroxylation is 1. The molecule has 0 atom stereocenters. The Morgan fingerprint density at radius 3 is 2.56 bits per heavy atom. The second-order valence-electron chi connectivity index (χ2n) is 5.03. The number of aromatic nitrogens is 1. The van der Waals surface area contributed by atoms with Crippen LogP contribution in [-0.2, 0) is 4.74 Å². The molecule has 0 aliphatic rings. The Morgan fingerprint density at radius 1 is 1.33 bits per heavy atom. The van der Waals surface area contributed by atoms with Gasteiger partial charge < -0.3 is 15.2 Å². The number of nitrogens with one attached hydrogen (secondary N) is 1. The smallest absolute Gasteiger partial charge is 0.224 e. The second kappa shape index (κ2) is 5.82. The lowest BCUT2D eigenvalue weighted by atomic mass is 10.2. The number of pyridine rings is 1. The van der Waals surface area contributed by atoms with Crippen LogP contribution in [-0.4, -0.2) is 29.6 Å². The molecule has 0 radical (unpaired) electrons. The molecule has 0 amide bonds. The summed E-state index contributed by atoms with van der Waals surface area (Å²) < 4.78 is 11.1. The topological polar surface area (TPSA) is 81.2 Å². The molecular formula is C13H21N3O2. The molecule has 1 heterocycles. The van der Waals surface area contributed by atoms with Gasteiger partial charge in [0.25, 0.3) is 0 Å². The summed E-state index contributed by atoms with van der Waals surface area (Å²) >= 11 is 0. The van der Waals surface area contributed by atoms with Gasteiger partial charge in [0.15, 0.2) is 0 Å². The van der Waals surface area contributed by atoms with Crippen molar-refractivity contribution in [1.82, 2.24) is 4.98 Å². The first-order valence-corrected chi connectivity index (χ1v) is 5.88. The summed E-state index contributed by atoms with van der Waals surface area (Å²) in [4.78, 5) is 4.23. The Labute approximate surface area is 108 Å². The summed E-state index contributed by atoms with van der Waals surface area (Å²) in [5.74, 6) is 0.342. The molecule has 1 aromatic heterocycles. The van der Waals surface area contributed by atoms with E-state index in [1.807, 2.05) is 27.7 Å². The third-order valence-electron chi connectivity index (χ3n) is 2.15. The van der Waals surface area contributed by atoms with E-state index in [1.165, 1.54) is 0 Å². The SMILES string of the molecule is Cc1ccc(C(=N)N)c(OCCOC(C)(C)C)n1. The van der Waals surface area contributed by atoms with Gasteiger partial charge >= 0.3 is 0 Å². The van der Waals surface area contributed by atoms with Gasteiger partial charge in [0.05, 0.1) is 17.8 Å². The van der Waals surface area contributed by atoms with Gasteiger partial charge in [-0.05, 0) is 39.8 Å². The Balaban J connectivity index is 2.61. The molecule has 0 unspecified atom stereocenters. The number of hydrogen-bond acceptors (Lipinski definition) is 4. The Morgan fingerprint density at radius 2 is 2.00 bits per heavy atom. The Kier molecular flexibility index (Phi) is 4.67. The van der Waals surface area contributed by atoms with Crippen LogP contribution < -0.4 is 10.5 Å². The van der Waals surface area contributed by atoms with E-state index in [9.17, 15) is 0 Å². The van der Waals surface area contributed by atoms with Crippen LogP contribution in [0, 0.1) is 12.3 Å². The number of nitrogen functional groups attached to an aromatic ring is 1. The van der Waals surface area contributed by atoms with E-state index in [0.29, 0.717) is 24.7 Å². The number of nitrogens with two attached hydrogens (primary N) is 1. The maximum atomic E-state index is 7.45. The minimum atomic E-state index is -0.188. The minimum Gasteiger partial charge on any atom is -0.475 e. The van der Waals surface area contributed by atoms with Crippen LogP contribution in [0.1, 0.15) is 32.0 Å². The molecule has 0 aliphatic heterocycles. The van der Waals surface area contributed by atoms with Crippen molar-refractivity contribution in [3.63, 3.8) is 0 Å². The number of hydrogen-bond donors (Lipinski definition) is 2. The van der Waals surface area contributed by atoms with Crippen molar-refractivity contribution in [2.24, 2.45) is 5.73 Å². The molecule has 0 saturated carbocycles. The minimum absolute atomic E-state index is 0.0470. The zero-order valence-corrected chi connectivity index (χ0v) is 11.4. The molecule has 100 valence electrons. The number of ether oxygens (including phenoxy) is 2. The molecule has 1 aromatic rings. The van der Waals surface area contributed by atoms with E-state index in [1.54, 1.807) is 12.1 Å². The highest BCUT2D eigenvalue weighted by Crippen LogP contribution is 2.15. The van der Waals surface area contributed by atoms with Crippen molar-refractivity contribution in [1.29, 1.82) is 5.41 Å². The van der Waals surface area contributed by atoms with Crippen LogP contribution in [0.25, 0.3) is 0 Å². The van der Waals surface area contributed by atoms with Crippen LogP contribution >= 0.6 is 0 Å². The van der Waals surface area contributed by atoms with Gasteiger partial charge in [-0.2, -0.15) is 0 Å². The maximum Gasteiger partial charge on any atom is 0.224 e. The normalized spacial score (nSPS) is 11.3. The Bertz CT molecular complexity index is 425. The standard InChI is InChI=1S/C13H21N3O2/c1-9-5-6-10(11(14)15)12(16-9)17-7-8-18-13(2,3)4/h5-6H,7-8H2,1-4H3,(H3,14,15). The third kappa shape index (κ3) is 4.71. The lowest BCUT2D eigenvalue weighted by Gasteiger charge is -2.19. The summed E-state index contributed by atoms with van der Waals surface area (Å²) in [6, 6.07) is 3.54. The molecule has 18 heavy (non-hydrogen) atoms. The molecule has 0 fully saturated rings. The van der Waals surface area contributed by atoms with Gasteiger partial charge in [-0.3, -0.25) is 5.41 Å². The number of nitrogens with zero attached hydrogens (tertiary/aromatic N) is 1. The molecule has 3 N–H and O–H groups in total. The summed E-state index contributed by atoms with van der Waals surface area (Å²) in [5, 5.41) is 7.45. The first kappa shape index (κ1) is 14.4. The number of amidine groups is 1. The van der Waals surface area contributed by atoms with Crippen LogP contribution in [0.3, 0.4) is 0 Å². The quantitative estimate of drug-likeness (QED) is 0.475. The van der Waals surface area contributed by atoms with Crippen LogP contribution in [0.15, 0.2) is 12.1 Å². The fourth-order valence-corrected chi connectivity index (χ4v) is 1.33. The van der Waals surface area contributed by atoms with Gasteiger partial charge in [0.1, 0.15) is 12.4 Å². The predicted octanol–water partition coefficient (Wildman–Crippen LogP) is 1.87. The van der Waals surface area contributed by atoms with E-state index in [2.05, 4.69) is 4.98 Å². The van der Waals surface area contributed by atoms with Crippen molar-refractivity contribution in [2.45, 2.75) is 33.3 Å². The summed E-state index contributed by atoms with van der Waals surface area (Å²) in [7, 11) is 0. The highest BCUT2D eigenvalue weighted by molar-refractivity contribution is 5.97. The first-order valence-electron chi connectivity index (χ1n) is 5.88. The van der Waals surface area contributed by atoms with Crippen molar-refractivity contribution in [3.05, 3.63) is 23.4 Å². The largest absolute Gasteiger partial charge is 0.475 e. The van der Waals surface area contributed by atoms with E-state index in [0.717, 1.165) is 5.69 Å². The van der Waals surface area contributed by atoms with Crippen LogP contribution in [0.4, 0.5) is 0 Å². The molecule has 0 aliphatic carbocycles. The molecule has 0 saturated heterocycles. The average Bonchev–Trinajstić information content (AvgIpc) is 2.22. The predicted molar refractivity (Wildman–Crippen MR) is 71.2 cm³/mol. The first-order chi connectivity index (χ1) is 8.29. The lowest BCUT2D eigenvalue weighted by Crippen LogP contribution is -2.23. The molecule has 5 heteroatoms. The number of rotatable bonds is 5. The fraction of sp³-hybridized carbons (Fsp3) is 0.538. The van der Waals surface area contributed by atoms with Crippen molar-refractivity contribution >= 4 is 5.84 Å². The van der Waals surface area contributed by atoms with Gasteiger partial charge in [0.2, 0.25) is 5.88 Å². The molecule has 0 bridgehead atoms. The summed E-state index contributed by atoms with van der Waals surface area (Å²) in [5.41, 5.74) is 6.62. The average molecular weight is 251 g/mol. The fourth-order valence-electron chi connectivity index (χ4n) is 1.33. The molecule has 1 rings (SSSR count). The molecule has 0 spiro atoms. The van der Waals surface area contributed by atoms with Gasteiger partial charge in [-0.15, -0.1) is 0 Å². The van der Waals surface area contributed by atoms with Crippen molar-refractivity contribution in [2.75, 3.05) is 13.2 Å². The van der Waals surface area contributed by atoms with Gasteiger partial charge in [-0.1, -0.05) is 0 Å². The molecule has 0 aromatic carbocycles. The summed E-state index contributed by atoms with van der Waals surface area (Å²) in [6.45, 7) is 8.67. The van der Waals surface area contributed by atoms with Crippen LogP contribution in [0.5, 0.6) is 5.88 Å². The van der Waals surface area contributed by atoms with E-state index in [-0.39, 0.29) is 11.4 Å². The highest BCUT2D eigenvalue weighted by Gasteiger charge is 2.11. The lowest BCUT2D eigenvalue weighted by molar-refractivity contribution is -0.0168. The third-order valence-corrected chi connectivity index (χ3v) is 2.15. The van der Waals surface area contributed by atoms with E-state index >= 15 is 0 Å².